The van der Waals surface area contributed by atoms with Crippen molar-refractivity contribution < 1.29 is 9.47 Å². The van der Waals surface area contributed by atoms with E-state index in [1.54, 1.807) is 7.11 Å². The van der Waals surface area contributed by atoms with Crippen molar-refractivity contribution in [3.8, 4) is 28.5 Å². The number of nitrogen functional groups attached to an aromatic ring is 1. The Bertz CT molecular complexity index is 1200. The molecule has 1 saturated heterocycles. The minimum Gasteiger partial charge on any atom is -0.493 e. The van der Waals surface area contributed by atoms with E-state index in [9.17, 15) is 0 Å². The molecule has 4 aromatic rings. The molecular weight excluding hydrogens is 392 g/mol. The Morgan fingerprint density at radius 1 is 1.00 bits per heavy atom. The lowest BCUT2D eigenvalue weighted by Crippen LogP contribution is -2.30. The second-order valence-electron chi connectivity index (χ2n) is 7.51. The summed E-state index contributed by atoms with van der Waals surface area (Å²) < 4.78 is 13.4. The van der Waals surface area contributed by atoms with Gasteiger partial charge in [-0.25, -0.2) is 14.6 Å². The summed E-state index contributed by atoms with van der Waals surface area (Å²) in [5.41, 5.74) is 8.75. The quantitative estimate of drug-likeness (QED) is 0.510. The molecule has 0 spiro atoms. The molecule has 0 amide bonds. The van der Waals surface area contributed by atoms with E-state index >= 15 is 0 Å². The highest BCUT2D eigenvalue weighted by Gasteiger charge is 2.23. The number of piperidine rings is 1. The summed E-state index contributed by atoms with van der Waals surface area (Å²) in [6, 6.07) is 15.6. The van der Waals surface area contributed by atoms with Crippen LogP contribution in [0.4, 0.5) is 5.82 Å². The molecule has 0 bridgehead atoms. The number of fused-ring (bicyclic) bond motifs is 1. The van der Waals surface area contributed by atoms with Gasteiger partial charge in [-0.05, 0) is 62.3 Å². The van der Waals surface area contributed by atoms with E-state index in [0.717, 1.165) is 48.2 Å². The molecule has 2 aromatic carbocycles. The second kappa shape index (κ2) is 8.23. The van der Waals surface area contributed by atoms with Crippen LogP contribution in [0.3, 0.4) is 0 Å². The Hall–Kier alpha value is -3.65. The van der Waals surface area contributed by atoms with Gasteiger partial charge in [0.2, 0.25) is 0 Å². The van der Waals surface area contributed by atoms with E-state index in [1.165, 1.54) is 6.33 Å². The van der Waals surface area contributed by atoms with Crippen LogP contribution in [0.5, 0.6) is 17.2 Å². The molecule has 5 rings (SSSR count). The number of aromatic nitrogens is 4. The number of para-hydroxylation sites is 2. The predicted octanol–water partition coefficient (Wildman–Crippen LogP) is 3.80. The van der Waals surface area contributed by atoms with Gasteiger partial charge in [-0.2, -0.15) is 5.10 Å². The molecule has 8 heteroatoms. The minimum absolute atomic E-state index is 0.292. The molecule has 0 unspecified atom stereocenters. The summed E-state index contributed by atoms with van der Waals surface area (Å²) in [5, 5.41) is 9.12. The van der Waals surface area contributed by atoms with Crippen LogP contribution < -0.4 is 20.5 Å². The fourth-order valence-corrected chi connectivity index (χ4v) is 4.01. The summed E-state index contributed by atoms with van der Waals surface area (Å²) >= 11 is 0. The number of nitrogens with zero attached hydrogens (tertiary/aromatic N) is 4. The lowest BCUT2D eigenvalue weighted by Gasteiger charge is -2.23. The normalized spacial score (nSPS) is 14.6. The highest BCUT2D eigenvalue weighted by molar-refractivity contribution is 5.98. The Morgan fingerprint density at radius 3 is 2.48 bits per heavy atom. The molecule has 8 nitrogen and oxygen atoms in total. The Morgan fingerprint density at radius 2 is 1.74 bits per heavy atom. The third kappa shape index (κ3) is 3.66. The number of nitrogens with one attached hydrogen (secondary N) is 1. The lowest BCUT2D eigenvalue weighted by atomic mass is 10.1. The molecule has 158 valence electrons. The van der Waals surface area contributed by atoms with Gasteiger partial charge in [-0.3, -0.25) is 0 Å². The number of hydrogen-bond donors (Lipinski definition) is 2. The molecule has 2 aromatic heterocycles. The molecule has 0 radical (unpaired) electrons. The van der Waals surface area contributed by atoms with Crippen LogP contribution in [0.2, 0.25) is 0 Å². The van der Waals surface area contributed by atoms with Gasteiger partial charge in [-0.15, -0.1) is 0 Å². The number of nitrogens with two attached hydrogens (primary N) is 1. The average molecular weight is 416 g/mol. The van der Waals surface area contributed by atoms with Gasteiger partial charge in [-0.1, -0.05) is 12.1 Å². The van der Waals surface area contributed by atoms with E-state index in [4.69, 9.17) is 20.3 Å². The van der Waals surface area contributed by atoms with Gasteiger partial charge in [0.15, 0.2) is 17.1 Å². The number of methoxy groups -OCH3 is 1. The largest absolute Gasteiger partial charge is 0.493 e. The molecule has 0 aliphatic carbocycles. The van der Waals surface area contributed by atoms with Crippen LogP contribution in [-0.4, -0.2) is 39.9 Å². The van der Waals surface area contributed by atoms with E-state index in [1.807, 2.05) is 53.2 Å². The van der Waals surface area contributed by atoms with Crippen LogP contribution >= 0.6 is 0 Å². The Kier molecular flexibility index (Phi) is 5.13. The van der Waals surface area contributed by atoms with Crippen molar-refractivity contribution >= 4 is 16.9 Å². The number of ether oxygens (including phenoxy) is 2. The molecule has 3 N–H and O–H groups in total. The first-order chi connectivity index (χ1) is 15.2. The topological polar surface area (TPSA) is 100 Å². The van der Waals surface area contributed by atoms with E-state index < -0.39 is 0 Å². The van der Waals surface area contributed by atoms with Gasteiger partial charge >= 0.3 is 0 Å². The number of hydrogen-bond acceptors (Lipinski definition) is 7. The Balaban J connectivity index is 1.50. The van der Waals surface area contributed by atoms with Crippen molar-refractivity contribution in [1.82, 2.24) is 25.1 Å². The van der Waals surface area contributed by atoms with Crippen LogP contribution in [0.25, 0.3) is 22.3 Å². The second-order valence-corrected chi connectivity index (χ2v) is 7.51. The third-order valence-corrected chi connectivity index (χ3v) is 5.60. The first kappa shape index (κ1) is 19.3. The molecular formula is C23H24N6O2. The zero-order valence-corrected chi connectivity index (χ0v) is 17.3. The predicted molar refractivity (Wildman–Crippen MR) is 119 cm³/mol. The van der Waals surface area contributed by atoms with Gasteiger partial charge in [0, 0.05) is 5.56 Å². The molecule has 1 fully saturated rings. The highest BCUT2D eigenvalue weighted by Crippen LogP contribution is 2.35. The zero-order chi connectivity index (χ0) is 21.2. The van der Waals surface area contributed by atoms with Crippen molar-refractivity contribution in [1.29, 1.82) is 0 Å². The zero-order valence-electron chi connectivity index (χ0n) is 17.3. The smallest absolute Gasteiger partial charge is 0.169 e. The van der Waals surface area contributed by atoms with Crippen molar-refractivity contribution in [2.75, 3.05) is 25.9 Å². The molecule has 0 saturated carbocycles. The first-order valence-corrected chi connectivity index (χ1v) is 10.4. The average Bonchev–Trinajstić information content (AvgIpc) is 3.22. The molecule has 1 aliphatic heterocycles. The van der Waals surface area contributed by atoms with Crippen molar-refractivity contribution in [3.63, 3.8) is 0 Å². The fraction of sp³-hybridized carbons (Fsp3) is 0.261. The van der Waals surface area contributed by atoms with Crippen LogP contribution in [0.1, 0.15) is 18.9 Å². The Labute approximate surface area is 180 Å². The number of anilines is 1. The van der Waals surface area contributed by atoms with E-state index in [0.29, 0.717) is 29.1 Å². The van der Waals surface area contributed by atoms with Gasteiger partial charge in [0.25, 0.3) is 0 Å². The van der Waals surface area contributed by atoms with Crippen LogP contribution in [0, 0.1) is 0 Å². The van der Waals surface area contributed by atoms with Crippen molar-refractivity contribution in [3.05, 3.63) is 54.9 Å². The summed E-state index contributed by atoms with van der Waals surface area (Å²) in [7, 11) is 1.63. The van der Waals surface area contributed by atoms with E-state index in [2.05, 4.69) is 15.3 Å². The summed E-state index contributed by atoms with van der Waals surface area (Å²) in [5.74, 6) is 2.49. The van der Waals surface area contributed by atoms with Crippen LogP contribution in [0.15, 0.2) is 54.9 Å². The third-order valence-electron chi connectivity index (χ3n) is 5.60. The van der Waals surface area contributed by atoms with Gasteiger partial charge in [0.1, 0.15) is 23.6 Å². The van der Waals surface area contributed by atoms with Crippen molar-refractivity contribution in [2.24, 2.45) is 0 Å². The molecule has 3 heterocycles. The number of rotatable bonds is 5. The monoisotopic (exact) mass is 416 g/mol. The lowest BCUT2D eigenvalue weighted by molar-refractivity contribution is 0.350. The molecule has 31 heavy (non-hydrogen) atoms. The van der Waals surface area contributed by atoms with Gasteiger partial charge in [0.05, 0.1) is 18.5 Å². The maximum atomic E-state index is 6.25. The minimum atomic E-state index is 0.292. The van der Waals surface area contributed by atoms with Crippen molar-refractivity contribution in [2.45, 2.75) is 18.9 Å². The van der Waals surface area contributed by atoms with Gasteiger partial charge < -0.3 is 20.5 Å². The van der Waals surface area contributed by atoms with E-state index in [-0.39, 0.29) is 0 Å². The maximum absolute atomic E-state index is 6.25. The summed E-state index contributed by atoms with van der Waals surface area (Å²) in [6.07, 6.45) is 3.52. The molecule has 1 aliphatic rings. The molecule has 0 atom stereocenters. The fourth-order valence-electron chi connectivity index (χ4n) is 4.01. The highest BCUT2D eigenvalue weighted by atomic mass is 16.5. The standard InChI is InChI=1S/C23H24N6O2/c1-30-18-4-2-3-5-19(18)31-17-8-6-15(7-9-17)21-20-22(24)26-14-27-23(20)29(28-21)16-10-12-25-13-11-16/h2-9,14,16,25H,10-13H2,1H3,(H2,24,26,27). The SMILES string of the molecule is COc1ccccc1Oc1ccc(-c2nn(C3CCNCC3)c3ncnc(N)c23)cc1. The summed E-state index contributed by atoms with van der Waals surface area (Å²) in [4.78, 5) is 8.71. The van der Waals surface area contributed by atoms with Crippen LogP contribution in [-0.2, 0) is 0 Å². The maximum Gasteiger partial charge on any atom is 0.169 e. The first-order valence-electron chi connectivity index (χ1n) is 10.4. The summed E-state index contributed by atoms with van der Waals surface area (Å²) in [6.45, 7) is 1.94. The number of benzene rings is 2.